The maximum Gasteiger partial charge on any atom is 0.250 e. The minimum absolute atomic E-state index is 0.139. The Morgan fingerprint density at radius 3 is 2.41 bits per heavy atom. The Morgan fingerprint density at radius 1 is 1.11 bits per heavy atom. The van der Waals surface area contributed by atoms with Crippen molar-refractivity contribution in [3.63, 3.8) is 0 Å². The number of aryl methyl sites for hydroxylation is 1. The number of nitrogens with one attached hydrogen (secondary N) is 1. The lowest BCUT2D eigenvalue weighted by molar-refractivity contribution is 0.393. The molecule has 27 heavy (non-hydrogen) atoms. The Morgan fingerprint density at radius 2 is 1.81 bits per heavy atom. The molecule has 1 aromatic carbocycles. The number of aromatic nitrogens is 1. The van der Waals surface area contributed by atoms with Crippen molar-refractivity contribution in [1.82, 2.24) is 9.71 Å². The van der Waals surface area contributed by atoms with Gasteiger partial charge in [0.05, 0.1) is 24.8 Å². The highest BCUT2D eigenvalue weighted by Gasteiger charge is 2.18. The molecule has 6 nitrogen and oxygen atoms in total. The molecule has 0 spiro atoms. The predicted octanol–water partition coefficient (Wildman–Crippen LogP) is 3.93. The fourth-order valence-corrected chi connectivity index (χ4v) is 5.72. The van der Waals surface area contributed by atoms with Crippen molar-refractivity contribution in [2.45, 2.75) is 24.1 Å². The molecule has 2 heterocycles. The van der Waals surface area contributed by atoms with Gasteiger partial charge in [0.15, 0.2) is 0 Å². The number of benzene rings is 1. The normalized spacial score (nSPS) is 11.5. The number of nitrogens with zero attached hydrogens (tertiary/aromatic N) is 1. The molecule has 0 aliphatic rings. The van der Waals surface area contributed by atoms with E-state index in [1.54, 1.807) is 44.6 Å². The third-order valence-corrected chi connectivity index (χ3v) is 7.89. The van der Waals surface area contributed by atoms with Crippen molar-refractivity contribution in [1.29, 1.82) is 0 Å². The van der Waals surface area contributed by atoms with Gasteiger partial charge in [0, 0.05) is 18.0 Å². The summed E-state index contributed by atoms with van der Waals surface area (Å²) in [5.41, 5.74) is 1.76. The monoisotopic (exact) mass is 424 g/mol. The quantitative estimate of drug-likeness (QED) is 0.593. The number of ether oxygens (including phenoxy) is 2. The third kappa shape index (κ3) is 4.67. The number of methoxy groups -OCH3 is 2. The molecule has 0 saturated carbocycles. The lowest BCUT2D eigenvalue weighted by Gasteiger charge is -2.09. The van der Waals surface area contributed by atoms with Crippen LogP contribution >= 0.6 is 22.7 Å². The second-order valence-corrected chi connectivity index (χ2v) is 9.60. The molecule has 0 saturated heterocycles. The van der Waals surface area contributed by atoms with Crippen LogP contribution in [0.15, 0.2) is 39.9 Å². The summed E-state index contributed by atoms with van der Waals surface area (Å²) in [6.07, 6.45) is 0.860. The van der Waals surface area contributed by atoms with Gasteiger partial charge in [-0.1, -0.05) is 6.92 Å². The summed E-state index contributed by atoms with van der Waals surface area (Å²) in [6.45, 7) is 2.18. The van der Waals surface area contributed by atoms with Gasteiger partial charge in [0.2, 0.25) is 10.0 Å². The number of rotatable bonds is 8. The second kappa shape index (κ2) is 8.39. The van der Waals surface area contributed by atoms with E-state index in [9.17, 15) is 8.42 Å². The second-order valence-electron chi connectivity index (χ2n) is 5.66. The lowest BCUT2D eigenvalue weighted by Crippen LogP contribution is -2.22. The maximum atomic E-state index is 12.6. The Balaban J connectivity index is 1.76. The van der Waals surface area contributed by atoms with Crippen LogP contribution in [0, 0.1) is 0 Å². The van der Waals surface area contributed by atoms with Gasteiger partial charge in [-0.15, -0.1) is 22.7 Å². The summed E-state index contributed by atoms with van der Waals surface area (Å²) in [5.74, 6) is 1.22. The lowest BCUT2D eigenvalue weighted by atomic mass is 10.2. The van der Waals surface area contributed by atoms with E-state index in [1.165, 1.54) is 22.7 Å². The average Bonchev–Trinajstić information content (AvgIpc) is 3.35. The van der Waals surface area contributed by atoms with Crippen molar-refractivity contribution in [3.05, 3.63) is 47.0 Å². The number of thiophene rings is 1. The number of thiazole rings is 1. The average molecular weight is 425 g/mol. The third-order valence-electron chi connectivity index (χ3n) is 3.85. The molecular formula is C18H20N2O4S3. The zero-order valence-electron chi connectivity index (χ0n) is 15.2. The molecule has 9 heteroatoms. The van der Waals surface area contributed by atoms with Crippen LogP contribution in [0.1, 0.15) is 18.2 Å². The predicted molar refractivity (Wildman–Crippen MR) is 108 cm³/mol. The Hall–Kier alpha value is -1.94. The summed E-state index contributed by atoms with van der Waals surface area (Å²) >= 11 is 2.74. The molecule has 0 unspecified atom stereocenters. The van der Waals surface area contributed by atoms with Crippen molar-refractivity contribution >= 4 is 32.7 Å². The highest BCUT2D eigenvalue weighted by Crippen LogP contribution is 2.33. The van der Waals surface area contributed by atoms with Crippen LogP contribution in [0.25, 0.3) is 9.88 Å². The van der Waals surface area contributed by atoms with Gasteiger partial charge >= 0.3 is 0 Å². The molecule has 0 aliphatic heterocycles. The fourth-order valence-electron chi connectivity index (χ4n) is 2.38. The first-order valence-corrected chi connectivity index (χ1v) is 11.4. The van der Waals surface area contributed by atoms with E-state index in [4.69, 9.17) is 9.47 Å². The molecule has 0 amide bonds. The van der Waals surface area contributed by atoms with Crippen LogP contribution in [0.4, 0.5) is 0 Å². The summed E-state index contributed by atoms with van der Waals surface area (Å²) in [5, 5.41) is 2.84. The van der Waals surface area contributed by atoms with Crippen LogP contribution in [0.5, 0.6) is 11.5 Å². The minimum atomic E-state index is -3.62. The summed E-state index contributed by atoms with van der Waals surface area (Å²) in [4.78, 5) is 5.36. The van der Waals surface area contributed by atoms with Crippen molar-refractivity contribution < 1.29 is 17.9 Å². The molecule has 2 aromatic heterocycles. The molecule has 0 atom stereocenters. The molecule has 0 fully saturated rings. The number of sulfonamides is 1. The van der Waals surface area contributed by atoms with Crippen LogP contribution in [-0.4, -0.2) is 27.6 Å². The molecule has 3 aromatic rings. The van der Waals surface area contributed by atoms with Gasteiger partial charge in [-0.3, -0.25) is 0 Å². The Bertz CT molecular complexity index is 1000. The molecule has 0 radical (unpaired) electrons. The SMILES string of the molecule is CCc1csc(-c2ccc(S(=O)(=O)NCc3cc(OC)cc(OC)c3)s2)n1. The van der Waals surface area contributed by atoms with E-state index in [1.807, 2.05) is 12.3 Å². The molecule has 144 valence electrons. The van der Waals surface area contributed by atoms with Crippen molar-refractivity contribution in [2.75, 3.05) is 14.2 Å². The Labute approximate surface area is 166 Å². The molecular weight excluding hydrogens is 404 g/mol. The zero-order valence-corrected chi connectivity index (χ0v) is 17.6. The standard InChI is InChI=1S/C18H20N2O4S3/c1-4-13-11-25-18(20-13)16-5-6-17(26-16)27(21,22)19-10-12-7-14(23-2)9-15(8-12)24-3/h5-9,11,19H,4,10H2,1-3H3. The molecule has 1 N–H and O–H groups in total. The summed E-state index contributed by atoms with van der Waals surface area (Å²) < 4.78 is 38.6. The van der Waals surface area contributed by atoms with Gasteiger partial charge in [0.25, 0.3) is 0 Å². The van der Waals surface area contributed by atoms with E-state index in [0.29, 0.717) is 11.5 Å². The smallest absolute Gasteiger partial charge is 0.250 e. The highest BCUT2D eigenvalue weighted by molar-refractivity contribution is 7.91. The van der Waals surface area contributed by atoms with Crippen molar-refractivity contribution in [3.8, 4) is 21.4 Å². The van der Waals surface area contributed by atoms with Crippen LogP contribution < -0.4 is 14.2 Å². The molecule has 0 aliphatic carbocycles. The first kappa shape index (κ1) is 19.8. The zero-order chi connectivity index (χ0) is 19.4. The molecule has 3 rings (SSSR count). The topological polar surface area (TPSA) is 77.5 Å². The molecule has 0 bridgehead atoms. The summed E-state index contributed by atoms with van der Waals surface area (Å²) in [7, 11) is -0.512. The minimum Gasteiger partial charge on any atom is -0.497 e. The van der Waals surface area contributed by atoms with Gasteiger partial charge in [0.1, 0.15) is 20.7 Å². The van der Waals surface area contributed by atoms with E-state index in [2.05, 4.69) is 9.71 Å². The number of hydrogen-bond acceptors (Lipinski definition) is 7. The first-order valence-electron chi connectivity index (χ1n) is 8.21. The van der Waals surface area contributed by atoms with E-state index < -0.39 is 10.0 Å². The van der Waals surface area contributed by atoms with E-state index in [-0.39, 0.29) is 10.8 Å². The van der Waals surface area contributed by atoms with Gasteiger partial charge in [-0.2, -0.15) is 0 Å². The van der Waals surface area contributed by atoms with E-state index >= 15 is 0 Å². The van der Waals surface area contributed by atoms with Crippen LogP contribution in [0.3, 0.4) is 0 Å². The van der Waals surface area contributed by atoms with Crippen molar-refractivity contribution in [2.24, 2.45) is 0 Å². The van der Waals surface area contributed by atoms with Crippen LogP contribution in [-0.2, 0) is 23.0 Å². The maximum absolute atomic E-state index is 12.6. The first-order chi connectivity index (χ1) is 12.9. The highest BCUT2D eigenvalue weighted by atomic mass is 32.2. The van der Waals surface area contributed by atoms with Gasteiger partial charge < -0.3 is 9.47 Å². The van der Waals surface area contributed by atoms with Crippen LogP contribution in [0.2, 0.25) is 0 Å². The van der Waals surface area contributed by atoms with Gasteiger partial charge in [-0.25, -0.2) is 18.1 Å². The van der Waals surface area contributed by atoms with E-state index in [0.717, 1.165) is 27.6 Å². The number of hydrogen-bond donors (Lipinski definition) is 1. The summed E-state index contributed by atoms with van der Waals surface area (Å²) in [6, 6.07) is 8.69. The van der Waals surface area contributed by atoms with Gasteiger partial charge in [-0.05, 0) is 36.2 Å². The fraction of sp³-hybridized carbons (Fsp3) is 0.278. The Kier molecular flexibility index (Phi) is 6.15. The largest absolute Gasteiger partial charge is 0.497 e.